The molecule has 1 amide bonds. The molecule has 0 saturated carbocycles. The molecule has 1 N–H and O–H groups in total. The molecule has 4 nitrogen and oxygen atoms in total. The van der Waals surface area contributed by atoms with Crippen molar-refractivity contribution in [1.29, 1.82) is 0 Å². The normalized spacial score (nSPS) is 10.4. The number of carbonyl (C=O) groups excluding carboxylic acids is 1. The summed E-state index contributed by atoms with van der Waals surface area (Å²) in [6.45, 7) is 0. The van der Waals surface area contributed by atoms with Crippen LogP contribution in [0.15, 0.2) is 65.1 Å². The first kappa shape index (κ1) is 15.7. The first-order valence-electron chi connectivity index (χ1n) is 7.11. The highest BCUT2D eigenvalue weighted by molar-refractivity contribution is 7.98. The van der Waals surface area contributed by atoms with Gasteiger partial charge >= 0.3 is 0 Å². The van der Waals surface area contributed by atoms with E-state index in [0.29, 0.717) is 6.42 Å². The summed E-state index contributed by atoms with van der Waals surface area (Å²) in [4.78, 5) is 20.8. The summed E-state index contributed by atoms with van der Waals surface area (Å²) >= 11 is 3.16. The lowest BCUT2D eigenvalue weighted by atomic mass is 10.3. The third-order valence-corrected chi connectivity index (χ3v) is 4.85. The van der Waals surface area contributed by atoms with Crippen molar-refractivity contribution in [2.45, 2.75) is 17.2 Å². The highest BCUT2D eigenvalue weighted by Crippen LogP contribution is 2.21. The molecule has 2 heterocycles. The molecule has 1 aromatic carbocycles. The Kier molecular flexibility index (Phi) is 5.39. The van der Waals surface area contributed by atoms with Crippen LogP contribution in [0.5, 0.6) is 0 Å². The van der Waals surface area contributed by atoms with E-state index >= 15 is 0 Å². The van der Waals surface area contributed by atoms with Crippen molar-refractivity contribution in [3.05, 3.63) is 70.8 Å². The lowest BCUT2D eigenvalue weighted by Gasteiger charge is -2.02. The van der Waals surface area contributed by atoms with Crippen molar-refractivity contribution in [1.82, 2.24) is 9.97 Å². The number of nitrogens with one attached hydrogen (secondary N) is 1. The van der Waals surface area contributed by atoms with Crippen molar-refractivity contribution >= 4 is 34.7 Å². The Morgan fingerprint density at radius 1 is 1.13 bits per heavy atom. The number of nitrogens with zero attached hydrogens (tertiary/aromatic N) is 2. The van der Waals surface area contributed by atoms with Gasteiger partial charge in [0.15, 0.2) is 0 Å². The molecule has 0 aliphatic carbocycles. The number of thioether (sulfide) groups is 1. The van der Waals surface area contributed by atoms with Gasteiger partial charge in [0.05, 0.1) is 17.1 Å². The fraction of sp³-hybridized carbons (Fsp3) is 0.118. The lowest BCUT2D eigenvalue weighted by Crippen LogP contribution is -2.14. The number of hydrogen-bond acceptors (Lipinski definition) is 5. The van der Waals surface area contributed by atoms with E-state index in [1.54, 1.807) is 18.0 Å². The minimum atomic E-state index is -0.0468. The molecule has 3 aromatic rings. The van der Waals surface area contributed by atoms with Gasteiger partial charge in [-0.15, -0.1) is 23.1 Å². The highest BCUT2D eigenvalue weighted by atomic mass is 32.2. The second-order valence-corrected chi connectivity index (χ2v) is 6.72. The number of para-hydroxylation sites is 1. The fourth-order valence-corrected chi connectivity index (χ4v) is 3.59. The molecule has 116 valence electrons. The van der Waals surface area contributed by atoms with Crippen LogP contribution in [0.1, 0.15) is 10.7 Å². The van der Waals surface area contributed by atoms with Crippen LogP contribution in [0.4, 0.5) is 5.69 Å². The summed E-state index contributed by atoms with van der Waals surface area (Å²) in [5, 5.41) is 6.68. The highest BCUT2D eigenvalue weighted by Gasteiger charge is 2.09. The number of hydrogen-bond donors (Lipinski definition) is 1. The van der Waals surface area contributed by atoms with Crippen LogP contribution in [0.25, 0.3) is 0 Å². The Hall–Kier alpha value is -2.18. The predicted octanol–water partition coefficient (Wildman–Crippen LogP) is 4.01. The summed E-state index contributed by atoms with van der Waals surface area (Å²) in [7, 11) is 0. The van der Waals surface area contributed by atoms with Crippen molar-refractivity contribution in [3.63, 3.8) is 0 Å². The Labute approximate surface area is 143 Å². The van der Waals surface area contributed by atoms with Gasteiger partial charge in [-0.2, -0.15) is 0 Å². The molecule has 0 bridgehead atoms. The summed E-state index contributed by atoms with van der Waals surface area (Å²) in [6.07, 6.45) is 2.08. The Bertz CT molecular complexity index is 760. The minimum Gasteiger partial charge on any atom is -0.326 e. The third kappa shape index (κ3) is 4.91. The first-order valence-corrected chi connectivity index (χ1v) is 8.98. The summed E-state index contributed by atoms with van der Waals surface area (Å²) in [5.41, 5.74) is 1.79. The van der Waals surface area contributed by atoms with Crippen LogP contribution in [0.2, 0.25) is 0 Å². The number of thiazole rings is 1. The average Bonchev–Trinajstić information content (AvgIpc) is 3.02. The number of amides is 1. The zero-order chi connectivity index (χ0) is 15.9. The average molecular weight is 341 g/mol. The van der Waals surface area contributed by atoms with Gasteiger partial charge in [0.1, 0.15) is 5.01 Å². The van der Waals surface area contributed by atoms with Gasteiger partial charge in [0.25, 0.3) is 0 Å². The van der Waals surface area contributed by atoms with E-state index in [9.17, 15) is 4.79 Å². The first-order chi connectivity index (χ1) is 11.3. The molecule has 0 aliphatic heterocycles. The predicted molar refractivity (Wildman–Crippen MR) is 94.7 cm³/mol. The SMILES string of the molecule is O=C(Cc1nc(CSc2ccccn2)cs1)Nc1ccccc1. The molecule has 23 heavy (non-hydrogen) atoms. The maximum absolute atomic E-state index is 12.0. The molecule has 0 atom stereocenters. The van der Waals surface area contributed by atoms with Crippen molar-refractivity contribution in [2.75, 3.05) is 5.32 Å². The quantitative estimate of drug-likeness (QED) is 0.688. The summed E-state index contributed by atoms with van der Waals surface area (Å²) in [5.74, 6) is 0.711. The standard InChI is InChI=1S/C17H15N3OS2/c21-15(19-13-6-2-1-3-7-13)10-17-20-14(12-23-17)11-22-16-8-4-5-9-18-16/h1-9,12H,10-11H2,(H,19,21). The molecule has 0 unspecified atom stereocenters. The molecular weight excluding hydrogens is 326 g/mol. The zero-order valence-corrected chi connectivity index (χ0v) is 13.9. The second kappa shape index (κ2) is 7.89. The van der Waals surface area contributed by atoms with Crippen LogP contribution >= 0.6 is 23.1 Å². The van der Waals surface area contributed by atoms with E-state index in [1.165, 1.54) is 11.3 Å². The molecular formula is C17H15N3OS2. The van der Waals surface area contributed by atoms with Gasteiger partial charge in [-0.05, 0) is 24.3 Å². The molecule has 6 heteroatoms. The Balaban J connectivity index is 1.52. The second-order valence-electron chi connectivity index (χ2n) is 4.78. The molecule has 0 spiro atoms. The molecule has 0 fully saturated rings. The number of benzene rings is 1. The number of rotatable bonds is 6. The van der Waals surface area contributed by atoms with Crippen LogP contribution < -0.4 is 5.32 Å². The molecule has 0 radical (unpaired) electrons. The van der Waals surface area contributed by atoms with Gasteiger partial charge in [0, 0.05) is 23.0 Å². The van der Waals surface area contributed by atoms with Gasteiger partial charge in [0.2, 0.25) is 5.91 Å². The maximum atomic E-state index is 12.0. The van der Waals surface area contributed by atoms with Crippen LogP contribution in [0.3, 0.4) is 0 Å². The lowest BCUT2D eigenvalue weighted by molar-refractivity contribution is -0.115. The monoisotopic (exact) mass is 341 g/mol. The molecule has 0 saturated heterocycles. The van der Waals surface area contributed by atoms with E-state index in [-0.39, 0.29) is 5.91 Å². The van der Waals surface area contributed by atoms with E-state index in [0.717, 1.165) is 27.2 Å². The molecule has 0 aliphatic rings. The van der Waals surface area contributed by atoms with Crippen molar-refractivity contribution in [2.24, 2.45) is 0 Å². The number of anilines is 1. The minimum absolute atomic E-state index is 0.0468. The van der Waals surface area contributed by atoms with E-state index < -0.39 is 0 Å². The molecule has 2 aromatic heterocycles. The zero-order valence-electron chi connectivity index (χ0n) is 12.3. The van der Waals surface area contributed by atoms with Crippen LogP contribution in [-0.4, -0.2) is 15.9 Å². The smallest absolute Gasteiger partial charge is 0.231 e. The van der Waals surface area contributed by atoms with Crippen LogP contribution in [0, 0.1) is 0 Å². The van der Waals surface area contributed by atoms with Crippen molar-refractivity contribution < 1.29 is 4.79 Å². The maximum Gasteiger partial charge on any atom is 0.231 e. The largest absolute Gasteiger partial charge is 0.326 e. The van der Waals surface area contributed by atoms with E-state index in [1.807, 2.05) is 53.9 Å². The van der Waals surface area contributed by atoms with Crippen LogP contribution in [-0.2, 0) is 17.0 Å². The topological polar surface area (TPSA) is 54.9 Å². The number of aromatic nitrogens is 2. The third-order valence-electron chi connectivity index (χ3n) is 2.97. The van der Waals surface area contributed by atoms with Crippen molar-refractivity contribution in [3.8, 4) is 0 Å². The fourth-order valence-electron chi connectivity index (χ4n) is 1.94. The van der Waals surface area contributed by atoms with Gasteiger partial charge in [-0.1, -0.05) is 24.3 Å². The van der Waals surface area contributed by atoms with Gasteiger partial charge in [-0.25, -0.2) is 9.97 Å². The molecule has 3 rings (SSSR count). The van der Waals surface area contributed by atoms with E-state index in [4.69, 9.17) is 0 Å². The number of carbonyl (C=O) groups is 1. The summed E-state index contributed by atoms with van der Waals surface area (Å²) in [6, 6.07) is 15.3. The Morgan fingerprint density at radius 3 is 2.74 bits per heavy atom. The number of pyridine rings is 1. The van der Waals surface area contributed by atoms with Gasteiger partial charge < -0.3 is 5.32 Å². The van der Waals surface area contributed by atoms with Gasteiger partial charge in [-0.3, -0.25) is 4.79 Å². The summed E-state index contributed by atoms with van der Waals surface area (Å²) < 4.78 is 0. The Morgan fingerprint density at radius 2 is 1.96 bits per heavy atom. The van der Waals surface area contributed by atoms with E-state index in [2.05, 4.69) is 15.3 Å².